The second kappa shape index (κ2) is 11.1. The molecule has 7 nitrogen and oxygen atoms in total. The second-order valence-electron chi connectivity index (χ2n) is 9.02. The Balaban J connectivity index is 1.67. The monoisotopic (exact) mass is 583 g/mol. The molecule has 0 N–H and O–H groups in total. The van der Waals surface area contributed by atoms with Crippen LogP contribution in [0, 0.1) is 0 Å². The summed E-state index contributed by atoms with van der Waals surface area (Å²) in [5.74, 6) is -0.126. The van der Waals surface area contributed by atoms with Crippen LogP contribution in [0.5, 0.6) is 5.75 Å². The molecule has 0 aliphatic heterocycles. The summed E-state index contributed by atoms with van der Waals surface area (Å²) in [5.41, 5.74) is -2.01. The van der Waals surface area contributed by atoms with E-state index in [9.17, 15) is 31.1 Å². The summed E-state index contributed by atoms with van der Waals surface area (Å²) < 4.78 is 87.5. The largest absolute Gasteiger partial charge is 0.496 e. The summed E-state index contributed by atoms with van der Waals surface area (Å²) in [7, 11) is 1.42. The van der Waals surface area contributed by atoms with Gasteiger partial charge in [-0.3, -0.25) is 14.8 Å². The number of ether oxygens (including phenoxy) is 1. The number of carbonyl (C=O) groups is 1. The van der Waals surface area contributed by atoms with Crippen LogP contribution in [0.2, 0.25) is 0 Å². The Hall–Kier alpha value is -5.07. The van der Waals surface area contributed by atoms with Crippen LogP contribution in [0.3, 0.4) is 0 Å². The van der Waals surface area contributed by atoms with Gasteiger partial charge in [-0.25, -0.2) is 4.68 Å². The molecular weight excluding hydrogens is 564 g/mol. The van der Waals surface area contributed by atoms with Crippen molar-refractivity contribution >= 4 is 5.78 Å². The Morgan fingerprint density at radius 3 is 2.10 bits per heavy atom. The van der Waals surface area contributed by atoms with Gasteiger partial charge in [-0.15, -0.1) is 5.10 Å². The summed E-state index contributed by atoms with van der Waals surface area (Å²) in [6.45, 7) is -0.500. The lowest BCUT2D eigenvalue weighted by molar-refractivity contribution is -0.143. The third kappa shape index (κ3) is 5.71. The summed E-state index contributed by atoms with van der Waals surface area (Å²) in [6.07, 6.45) is -5.71. The lowest BCUT2D eigenvalue weighted by Crippen LogP contribution is -2.13. The van der Waals surface area contributed by atoms with Gasteiger partial charge < -0.3 is 4.74 Å². The van der Waals surface area contributed by atoms with E-state index in [0.717, 1.165) is 4.68 Å². The lowest BCUT2D eigenvalue weighted by Gasteiger charge is -2.15. The van der Waals surface area contributed by atoms with Crippen molar-refractivity contribution in [2.45, 2.75) is 18.9 Å². The van der Waals surface area contributed by atoms with Gasteiger partial charge in [0, 0.05) is 24.2 Å². The van der Waals surface area contributed by atoms with Crippen molar-refractivity contribution in [1.82, 2.24) is 25.0 Å². The quantitative estimate of drug-likeness (QED) is 0.156. The van der Waals surface area contributed by atoms with Gasteiger partial charge in [0.25, 0.3) is 0 Å². The topological polar surface area (TPSA) is 82.8 Å². The number of nitrogens with zero attached hydrogens (tertiary/aromatic N) is 5. The van der Waals surface area contributed by atoms with Gasteiger partial charge in [0.15, 0.2) is 5.78 Å². The first-order valence-corrected chi connectivity index (χ1v) is 12.2. The maximum atomic E-state index is 13.6. The van der Waals surface area contributed by atoms with E-state index in [-0.39, 0.29) is 39.8 Å². The minimum absolute atomic E-state index is 0.0592. The normalized spacial score (nSPS) is 11.9. The number of aromatic nitrogens is 5. The first-order valence-electron chi connectivity index (χ1n) is 12.2. The van der Waals surface area contributed by atoms with Gasteiger partial charge in [-0.2, -0.15) is 26.3 Å². The molecule has 0 spiro atoms. The molecule has 0 aliphatic rings. The number of hydrogen-bond donors (Lipinski definition) is 0. The van der Waals surface area contributed by atoms with Crippen molar-refractivity contribution in [3.8, 4) is 28.4 Å². The Bertz CT molecular complexity index is 1720. The van der Waals surface area contributed by atoms with E-state index in [4.69, 9.17) is 4.74 Å². The van der Waals surface area contributed by atoms with Gasteiger partial charge in [0.2, 0.25) is 0 Å². The number of halogens is 6. The third-order valence-corrected chi connectivity index (χ3v) is 6.30. The van der Waals surface area contributed by atoms with Crippen LogP contribution in [0.25, 0.3) is 22.6 Å². The van der Waals surface area contributed by atoms with Crippen LogP contribution in [0.1, 0.15) is 32.6 Å². The molecule has 0 atom stereocenters. The molecule has 0 aliphatic carbocycles. The highest BCUT2D eigenvalue weighted by molar-refractivity contribution is 6.14. The summed E-state index contributed by atoms with van der Waals surface area (Å²) in [4.78, 5) is 22.0. The zero-order chi connectivity index (χ0) is 30.1. The van der Waals surface area contributed by atoms with Crippen molar-refractivity contribution in [2.75, 3.05) is 7.11 Å². The molecule has 2 aromatic carbocycles. The molecule has 0 saturated heterocycles. The van der Waals surface area contributed by atoms with E-state index in [1.165, 1.54) is 31.8 Å². The molecule has 5 rings (SSSR count). The molecule has 0 bridgehead atoms. The van der Waals surface area contributed by atoms with E-state index in [1.54, 1.807) is 42.5 Å². The molecule has 0 radical (unpaired) electrons. The Kier molecular flexibility index (Phi) is 7.50. The van der Waals surface area contributed by atoms with Crippen LogP contribution in [-0.2, 0) is 18.9 Å². The van der Waals surface area contributed by atoms with Crippen LogP contribution in [0.4, 0.5) is 26.3 Å². The fourth-order valence-corrected chi connectivity index (χ4v) is 4.42. The maximum absolute atomic E-state index is 13.6. The minimum Gasteiger partial charge on any atom is -0.496 e. The smallest absolute Gasteiger partial charge is 0.416 e. The van der Waals surface area contributed by atoms with Gasteiger partial charge in [0.05, 0.1) is 41.6 Å². The minimum atomic E-state index is -5.01. The number of benzene rings is 2. The lowest BCUT2D eigenvalue weighted by atomic mass is 9.98. The second-order valence-corrected chi connectivity index (χ2v) is 9.02. The number of methoxy groups -OCH3 is 1. The van der Waals surface area contributed by atoms with E-state index in [0.29, 0.717) is 23.4 Å². The molecular formula is C29H19F6N5O2. The van der Waals surface area contributed by atoms with Crippen LogP contribution in [-0.4, -0.2) is 37.9 Å². The van der Waals surface area contributed by atoms with Crippen molar-refractivity contribution in [3.63, 3.8) is 0 Å². The molecule has 0 fully saturated rings. The number of hydrogen-bond acceptors (Lipinski definition) is 6. The zero-order valence-corrected chi connectivity index (χ0v) is 21.6. The molecule has 214 valence electrons. The zero-order valence-electron chi connectivity index (χ0n) is 21.6. The molecule has 3 aromatic heterocycles. The predicted molar refractivity (Wildman–Crippen MR) is 138 cm³/mol. The number of pyridine rings is 2. The summed E-state index contributed by atoms with van der Waals surface area (Å²) in [5, 5.41) is 8.25. The van der Waals surface area contributed by atoms with Gasteiger partial charge in [0.1, 0.15) is 17.1 Å². The molecule has 42 heavy (non-hydrogen) atoms. The molecule has 0 amide bonds. The van der Waals surface area contributed by atoms with Crippen molar-refractivity contribution in [3.05, 3.63) is 113 Å². The van der Waals surface area contributed by atoms with E-state index >= 15 is 0 Å². The third-order valence-electron chi connectivity index (χ3n) is 6.30. The van der Waals surface area contributed by atoms with Crippen molar-refractivity contribution < 1.29 is 35.9 Å². The average molecular weight is 583 g/mol. The molecule has 0 saturated carbocycles. The number of rotatable bonds is 7. The fraction of sp³-hybridized carbons (Fsp3) is 0.138. The van der Waals surface area contributed by atoms with E-state index in [2.05, 4.69) is 20.3 Å². The Morgan fingerprint density at radius 2 is 1.45 bits per heavy atom. The first kappa shape index (κ1) is 28.5. The average Bonchev–Trinajstić information content (AvgIpc) is 3.39. The standard InChI is InChI=1S/C29H19F6N5O2/c1-42-23-7-3-2-5-21(23)27(41)22-6-4-10-37-24(22)25-26(18-8-11-36-12-9-18)40(39-38-25)16-17-13-19(28(30,31)32)15-20(14-17)29(33,34)35/h2-15H,16H2,1H3. The van der Waals surface area contributed by atoms with E-state index in [1.807, 2.05) is 0 Å². The number of ketones is 1. The van der Waals surface area contributed by atoms with Crippen molar-refractivity contribution in [1.29, 1.82) is 0 Å². The maximum Gasteiger partial charge on any atom is 0.416 e. The number of carbonyl (C=O) groups excluding carboxylic acids is 1. The SMILES string of the molecule is COc1ccccc1C(=O)c1cccnc1-c1nnn(Cc2cc(C(F)(F)F)cc(C(F)(F)F)c2)c1-c1ccncc1. The molecule has 3 heterocycles. The number of para-hydroxylation sites is 1. The van der Waals surface area contributed by atoms with Gasteiger partial charge in [-0.1, -0.05) is 17.3 Å². The predicted octanol–water partition coefficient (Wildman–Crippen LogP) is 6.73. The Labute approximate surface area is 234 Å². The van der Waals surface area contributed by atoms with Crippen molar-refractivity contribution in [2.24, 2.45) is 0 Å². The Morgan fingerprint density at radius 1 is 0.810 bits per heavy atom. The summed E-state index contributed by atoms with van der Waals surface area (Å²) >= 11 is 0. The van der Waals surface area contributed by atoms with Gasteiger partial charge in [-0.05, 0) is 60.2 Å². The molecule has 5 aromatic rings. The van der Waals surface area contributed by atoms with Gasteiger partial charge >= 0.3 is 12.4 Å². The van der Waals surface area contributed by atoms with Crippen LogP contribution >= 0.6 is 0 Å². The number of alkyl halides is 6. The van der Waals surface area contributed by atoms with Crippen LogP contribution < -0.4 is 4.74 Å². The molecule has 13 heteroatoms. The molecule has 0 unspecified atom stereocenters. The summed E-state index contributed by atoms with van der Waals surface area (Å²) in [6, 6.07) is 14.1. The van der Waals surface area contributed by atoms with Crippen LogP contribution in [0.15, 0.2) is 85.3 Å². The highest BCUT2D eigenvalue weighted by Crippen LogP contribution is 2.38. The van der Waals surface area contributed by atoms with E-state index < -0.39 is 35.8 Å². The highest BCUT2D eigenvalue weighted by atomic mass is 19.4. The fourth-order valence-electron chi connectivity index (χ4n) is 4.42. The highest BCUT2D eigenvalue weighted by Gasteiger charge is 2.37. The first-order chi connectivity index (χ1) is 20.0.